The molecule has 0 spiro atoms. The standard InChI is InChI=1S/C18H16N2O4/c21-18-17-12(15-7-8-16(17)24-15)9-19(18)13-5-6-14(20(22)23)11-4-2-1-3-10(11)13/h1-6,12,15-17H,7-9H2/t12-,15-,16+,17-/m1/s1. The van der Waals surface area contributed by atoms with Crippen molar-refractivity contribution in [3.05, 3.63) is 46.5 Å². The Labute approximate surface area is 138 Å². The van der Waals surface area contributed by atoms with E-state index in [1.807, 2.05) is 17.0 Å². The van der Waals surface area contributed by atoms with Gasteiger partial charge in [-0.2, -0.15) is 0 Å². The Kier molecular flexibility index (Phi) is 2.77. The topological polar surface area (TPSA) is 72.7 Å². The van der Waals surface area contributed by atoms with E-state index in [4.69, 9.17) is 4.74 Å². The minimum atomic E-state index is -0.374. The third-order valence-electron chi connectivity index (χ3n) is 5.73. The molecule has 6 heteroatoms. The first-order valence-electron chi connectivity index (χ1n) is 8.28. The van der Waals surface area contributed by atoms with E-state index in [0.717, 1.165) is 23.9 Å². The van der Waals surface area contributed by atoms with Gasteiger partial charge in [0.05, 0.1) is 34.1 Å². The van der Waals surface area contributed by atoms with Gasteiger partial charge in [0, 0.05) is 23.9 Å². The summed E-state index contributed by atoms with van der Waals surface area (Å²) in [6.07, 6.45) is 2.25. The summed E-state index contributed by atoms with van der Waals surface area (Å²) >= 11 is 0. The molecule has 1 amide bonds. The highest BCUT2D eigenvalue weighted by atomic mass is 16.6. The number of benzene rings is 2. The Morgan fingerprint density at radius 3 is 2.58 bits per heavy atom. The zero-order valence-corrected chi connectivity index (χ0v) is 12.9. The lowest BCUT2D eigenvalue weighted by atomic mass is 9.81. The SMILES string of the molecule is O=C1[C@@H]2[C@H](CN1c1ccc([N+](=O)[O-])c3ccccc13)[C@H]1CC[C@@H]2O1. The summed E-state index contributed by atoms with van der Waals surface area (Å²) in [6, 6.07) is 10.4. The quantitative estimate of drug-likeness (QED) is 0.629. The Bertz CT molecular complexity index is 880. The van der Waals surface area contributed by atoms with Crippen LogP contribution in [0.2, 0.25) is 0 Å². The lowest BCUT2D eigenvalue weighted by Crippen LogP contribution is -2.31. The predicted octanol–water partition coefficient (Wildman–Crippen LogP) is 2.89. The highest BCUT2D eigenvalue weighted by Crippen LogP contribution is 2.49. The molecule has 2 bridgehead atoms. The van der Waals surface area contributed by atoms with Crippen molar-refractivity contribution in [1.29, 1.82) is 0 Å². The Balaban J connectivity index is 1.62. The smallest absolute Gasteiger partial charge is 0.277 e. The van der Waals surface area contributed by atoms with Gasteiger partial charge in [-0.25, -0.2) is 0 Å². The van der Waals surface area contributed by atoms with Crippen molar-refractivity contribution in [2.24, 2.45) is 11.8 Å². The number of ether oxygens (including phenoxy) is 1. The summed E-state index contributed by atoms with van der Waals surface area (Å²) in [5, 5.41) is 12.6. The van der Waals surface area contributed by atoms with Gasteiger partial charge in [-0.3, -0.25) is 14.9 Å². The number of nitro benzene ring substituents is 1. The normalized spacial score (nSPS) is 31.0. The first-order chi connectivity index (χ1) is 11.6. The van der Waals surface area contributed by atoms with Gasteiger partial charge in [0.1, 0.15) is 0 Å². The van der Waals surface area contributed by atoms with E-state index in [1.165, 1.54) is 6.07 Å². The molecular weight excluding hydrogens is 308 g/mol. The zero-order chi connectivity index (χ0) is 16.4. The highest BCUT2D eigenvalue weighted by Gasteiger charge is 2.57. The molecule has 0 aromatic heterocycles. The van der Waals surface area contributed by atoms with Crippen LogP contribution in [0.3, 0.4) is 0 Å². The first-order valence-corrected chi connectivity index (χ1v) is 8.28. The molecule has 122 valence electrons. The molecule has 3 fully saturated rings. The van der Waals surface area contributed by atoms with Gasteiger partial charge < -0.3 is 9.64 Å². The second kappa shape index (κ2) is 4.77. The second-order valence-electron chi connectivity index (χ2n) is 6.84. The maximum absolute atomic E-state index is 13.0. The van der Waals surface area contributed by atoms with Crippen molar-refractivity contribution in [3.8, 4) is 0 Å². The monoisotopic (exact) mass is 324 g/mol. The van der Waals surface area contributed by atoms with Gasteiger partial charge in [-0.05, 0) is 25.0 Å². The number of carbonyl (C=O) groups excluding carboxylic acids is 1. The maximum Gasteiger partial charge on any atom is 0.277 e. The number of anilines is 1. The number of nitro groups is 1. The van der Waals surface area contributed by atoms with Crippen molar-refractivity contribution < 1.29 is 14.5 Å². The third kappa shape index (κ3) is 1.72. The van der Waals surface area contributed by atoms with Crippen molar-refractivity contribution in [2.75, 3.05) is 11.4 Å². The minimum Gasteiger partial charge on any atom is -0.374 e. The lowest BCUT2D eigenvalue weighted by Gasteiger charge is -2.21. The van der Waals surface area contributed by atoms with Crippen LogP contribution < -0.4 is 4.90 Å². The Hall–Kier alpha value is -2.47. The molecule has 0 unspecified atom stereocenters. The number of amides is 1. The summed E-state index contributed by atoms with van der Waals surface area (Å²) in [7, 11) is 0. The van der Waals surface area contributed by atoms with Crippen LogP contribution in [0.15, 0.2) is 36.4 Å². The minimum absolute atomic E-state index is 0.0438. The molecule has 3 aliphatic rings. The molecule has 2 aromatic rings. The summed E-state index contributed by atoms with van der Waals surface area (Å²) < 4.78 is 5.90. The van der Waals surface area contributed by atoms with Crippen LogP contribution in [0.25, 0.3) is 10.8 Å². The van der Waals surface area contributed by atoms with E-state index in [0.29, 0.717) is 11.9 Å². The van der Waals surface area contributed by atoms with Crippen LogP contribution in [0, 0.1) is 22.0 Å². The fourth-order valence-electron chi connectivity index (χ4n) is 4.71. The number of hydrogen-bond donors (Lipinski definition) is 0. The molecule has 0 radical (unpaired) electrons. The molecule has 3 aliphatic heterocycles. The van der Waals surface area contributed by atoms with E-state index in [-0.39, 0.29) is 40.6 Å². The molecule has 0 N–H and O–H groups in total. The zero-order valence-electron chi connectivity index (χ0n) is 12.9. The average molecular weight is 324 g/mol. The Morgan fingerprint density at radius 2 is 1.83 bits per heavy atom. The number of rotatable bonds is 2. The van der Waals surface area contributed by atoms with Crippen molar-refractivity contribution in [3.63, 3.8) is 0 Å². The molecule has 4 atom stereocenters. The van der Waals surface area contributed by atoms with E-state index in [9.17, 15) is 14.9 Å². The summed E-state index contributed by atoms with van der Waals surface area (Å²) in [4.78, 5) is 25.7. The molecule has 5 rings (SSSR count). The molecule has 0 aliphatic carbocycles. The largest absolute Gasteiger partial charge is 0.374 e. The third-order valence-corrected chi connectivity index (χ3v) is 5.73. The molecule has 0 saturated carbocycles. The van der Waals surface area contributed by atoms with Gasteiger partial charge in [0.15, 0.2) is 0 Å². The van der Waals surface area contributed by atoms with Crippen LogP contribution in [0.4, 0.5) is 11.4 Å². The fourth-order valence-corrected chi connectivity index (χ4v) is 4.71. The van der Waals surface area contributed by atoms with E-state index < -0.39 is 0 Å². The maximum atomic E-state index is 13.0. The summed E-state index contributed by atoms with van der Waals surface area (Å²) in [5.74, 6) is 0.314. The van der Waals surface area contributed by atoms with Gasteiger partial charge in [-0.15, -0.1) is 0 Å². The van der Waals surface area contributed by atoms with Crippen LogP contribution in [0.1, 0.15) is 12.8 Å². The van der Waals surface area contributed by atoms with E-state index in [2.05, 4.69) is 0 Å². The van der Waals surface area contributed by atoms with Gasteiger partial charge in [-0.1, -0.05) is 18.2 Å². The van der Waals surface area contributed by atoms with Gasteiger partial charge >= 0.3 is 0 Å². The molecule has 2 aromatic carbocycles. The fraction of sp³-hybridized carbons (Fsp3) is 0.389. The average Bonchev–Trinajstić information content (AvgIpc) is 3.27. The van der Waals surface area contributed by atoms with E-state index in [1.54, 1.807) is 18.2 Å². The number of hydrogen-bond acceptors (Lipinski definition) is 4. The number of carbonyl (C=O) groups is 1. The van der Waals surface area contributed by atoms with Crippen LogP contribution >= 0.6 is 0 Å². The van der Waals surface area contributed by atoms with Crippen molar-refractivity contribution in [2.45, 2.75) is 25.0 Å². The van der Waals surface area contributed by atoms with Crippen molar-refractivity contribution >= 4 is 28.1 Å². The lowest BCUT2D eigenvalue weighted by molar-refractivity contribution is -0.383. The van der Waals surface area contributed by atoms with Gasteiger partial charge in [0.25, 0.3) is 5.69 Å². The molecule has 3 saturated heterocycles. The van der Waals surface area contributed by atoms with Crippen LogP contribution in [0.5, 0.6) is 0 Å². The number of fused-ring (bicyclic) bond motifs is 6. The van der Waals surface area contributed by atoms with Gasteiger partial charge in [0.2, 0.25) is 5.91 Å². The van der Waals surface area contributed by atoms with E-state index >= 15 is 0 Å². The highest BCUT2D eigenvalue weighted by molar-refractivity contribution is 6.08. The molecule has 6 nitrogen and oxygen atoms in total. The Morgan fingerprint density at radius 1 is 1.08 bits per heavy atom. The summed E-state index contributed by atoms with van der Waals surface area (Å²) in [6.45, 7) is 0.645. The second-order valence-corrected chi connectivity index (χ2v) is 6.84. The number of nitrogens with zero attached hydrogens (tertiary/aromatic N) is 2. The molecule has 3 heterocycles. The molecule has 24 heavy (non-hydrogen) atoms. The van der Waals surface area contributed by atoms with Crippen LogP contribution in [-0.4, -0.2) is 29.6 Å². The number of non-ortho nitro benzene ring substituents is 1. The van der Waals surface area contributed by atoms with Crippen LogP contribution in [-0.2, 0) is 9.53 Å². The van der Waals surface area contributed by atoms with Crippen molar-refractivity contribution in [1.82, 2.24) is 0 Å². The summed E-state index contributed by atoms with van der Waals surface area (Å²) in [5.41, 5.74) is 0.847. The molecular formula is C18H16N2O4. The predicted molar refractivity (Wildman–Crippen MR) is 87.8 cm³/mol. The first kappa shape index (κ1) is 13.9.